The fourth-order valence-electron chi connectivity index (χ4n) is 3.96. The van der Waals surface area contributed by atoms with E-state index in [1.165, 1.54) is 13.2 Å². The molecule has 1 N–H and O–H groups in total. The van der Waals surface area contributed by atoms with E-state index in [-0.39, 0.29) is 44.0 Å². The van der Waals surface area contributed by atoms with Crippen molar-refractivity contribution < 1.29 is 27.9 Å². The van der Waals surface area contributed by atoms with Gasteiger partial charge in [0.1, 0.15) is 11.6 Å². The summed E-state index contributed by atoms with van der Waals surface area (Å²) >= 11 is 0. The van der Waals surface area contributed by atoms with Crippen molar-refractivity contribution in [1.29, 1.82) is 0 Å². The number of nitrogens with one attached hydrogen (secondary N) is 1. The van der Waals surface area contributed by atoms with E-state index in [4.69, 9.17) is 4.74 Å². The number of rotatable bonds is 8. The topological polar surface area (TPSA) is 75.7 Å². The van der Waals surface area contributed by atoms with Crippen LogP contribution < -0.4 is 5.32 Å². The first kappa shape index (κ1) is 22.6. The third kappa shape index (κ3) is 4.64. The number of ether oxygens (including phenoxy) is 1. The van der Waals surface area contributed by atoms with Gasteiger partial charge in [-0.15, -0.1) is 0 Å². The summed E-state index contributed by atoms with van der Waals surface area (Å²) in [6.45, 7) is 1.95. The molecule has 3 amide bonds. The zero-order valence-electron chi connectivity index (χ0n) is 17.4. The smallest absolute Gasteiger partial charge is 0.240 e. The molecule has 8 heteroatoms. The van der Waals surface area contributed by atoms with E-state index in [2.05, 4.69) is 5.32 Å². The summed E-state index contributed by atoms with van der Waals surface area (Å²) in [5.41, 5.74) is 0.169. The Morgan fingerprint density at radius 3 is 2.61 bits per heavy atom. The van der Waals surface area contributed by atoms with Crippen molar-refractivity contribution >= 4 is 17.7 Å². The number of carbonyl (C=O) groups is 3. The van der Waals surface area contributed by atoms with E-state index in [0.717, 1.165) is 22.6 Å². The lowest BCUT2D eigenvalue weighted by atomic mass is 9.74. The maximum Gasteiger partial charge on any atom is 0.240 e. The molecule has 6 nitrogen and oxygen atoms in total. The second kappa shape index (κ2) is 9.34. The number of likely N-dealkylation sites (tertiary alicyclic amines) is 1. The van der Waals surface area contributed by atoms with Crippen LogP contribution in [0.25, 0.3) is 0 Å². The predicted octanol–water partition coefficient (Wildman–Crippen LogP) is 2.62. The maximum absolute atomic E-state index is 13.9. The molecule has 1 saturated heterocycles. The van der Waals surface area contributed by atoms with Gasteiger partial charge in [0.2, 0.25) is 17.7 Å². The Labute approximate surface area is 179 Å². The minimum atomic E-state index is -1.35. The molecule has 2 aromatic rings. The SMILES string of the molecule is COCCN1C(=O)CC(CC(=O)NCc2ccc(F)cc2F)(c2ccccc2C)C1=O. The molecule has 1 fully saturated rings. The van der Waals surface area contributed by atoms with Crippen LogP contribution in [0.1, 0.15) is 29.5 Å². The second-order valence-electron chi connectivity index (χ2n) is 7.61. The van der Waals surface area contributed by atoms with Gasteiger partial charge in [-0.25, -0.2) is 8.78 Å². The molecule has 1 atom stereocenters. The van der Waals surface area contributed by atoms with Gasteiger partial charge in [-0.2, -0.15) is 0 Å². The van der Waals surface area contributed by atoms with E-state index in [1.807, 2.05) is 19.1 Å². The van der Waals surface area contributed by atoms with E-state index in [0.29, 0.717) is 5.56 Å². The first-order chi connectivity index (χ1) is 14.8. The Bertz CT molecular complexity index is 1010. The minimum Gasteiger partial charge on any atom is -0.383 e. The number of nitrogens with zero attached hydrogens (tertiary/aromatic N) is 1. The largest absolute Gasteiger partial charge is 0.383 e. The number of amides is 3. The Balaban J connectivity index is 1.86. The van der Waals surface area contributed by atoms with Gasteiger partial charge in [-0.05, 0) is 24.1 Å². The number of hydrogen-bond acceptors (Lipinski definition) is 4. The van der Waals surface area contributed by atoms with Crippen molar-refractivity contribution in [2.24, 2.45) is 0 Å². The van der Waals surface area contributed by atoms with Crippen molar-refractivity contribution in [2.45, 2.75) is 31.7 Å². The van der Waals surface area contributed by atoms with Gasteiger partial charge < -0.3 is 10.1 Å². The Kier molecular flexibility index (Phi) is 6.80. The number of hydrogen-bond donors (Lipinski definition) is 1. The molecular formula is C23H24F2N2O4. The molecule has 0 radical (unpaired) electrons. The quantitative estimate of drug-likeness (QED) is 0.654. The lowest BCUT2D eigenvalue weighted by Crippen LogP contribution is -2.43. The van der Waals surface area contributed by atoms with Crippen LogP contribution in [0.3, 0.4) is 0 Å². The number of halogens is 2. The molecule has 0 aromatic heterocycles. The van der Waals surface area contributed by atoms with Crippen LogP contribution in [0.5, 0.6) is 0 Å². The average molecular weight is 430 g/mol. The summed E-state index contributed by atoms with van der Waals surface area (Å²) in [5.74, 6) is -2.82. The number of aryl methyl sites for hydroxylation is 1. The average Bonchev–Trinajstić information content (AvgIpc) is 2.96. The summed E-state index contributed by atoms with van der Waals surface area (Å²) in [6, 6.07) is 10.2. The monoisotopic (exact) mass is 430 g/mol. The molecule has 3 rings (SSSR count). The third-order valence-corrected chi connectivity index (χ3v) is 5.54. The van der Waals surface area contributed by atoms with Crippen molar-refractivity contribution in [2.75, 3.05) is 20.3 Å². The summed E-state index contributed by atoms with van der Waals surface area (Å²) in [7, 11) is 1.47. The van der Waals surface area contributed by atoms with E-state index < -0.39 is 28.9 Å². The number of methoxy groups -OCH3 is 1. The molecule has 0 bridgehead atoms. The first-order valence-corrected chi connectivity index (χ1v) is 9.89. The molecule has 2 aromatic carbocycles. The van der Waals surface area contributed by atoms with Gasteiger partial charge in [0.25, 0.3) is 0 Å². The van der Waals surface area contributed by atoms with Crippen LogP contribution >= 0.6 is 0 Å². The summed E-state index contributed by atoms with van der Waals surface area (Å²) in [4.78, 5) is 40.0. The Hall–Kier alpha value is -3.13. The van der Waals surface area contributed by atoms with Crippen molar-refractivity contribution in [3.05, 3.63) is 70.8 Å². The molecule has 1 unspecified atom stereocenters. The van der Waals surface area contributed by atoms with E-state index in [1.54, 1.807) is 12.1 Å². The van der Waals surface area contributed by atoms with Gasteiger partial charge >= 0.3 is 0 Å². The Morgan fingerprint density at radius 2 is 1.94 bits per heavy atom. The van der Waals surface area contributed by atoms with Crippen LogP contribution in [0.2, 0.25) is 0 Å². The zero-order valence-corrected chi connectivity index (χ0v) is 17.4. The van der Waals surface area contributed by atoms with E-state index >= 15 is 0 Å². The fraction of sp³-hybridized carbons (Fsp3) is 0.348. The van der Waals surface area contributed by atoms with Crippen molar-refractivity contribution in [1.82, 2.24) is 10.2 Å². The van der Waals surface area contributed by atoms with Crippen LogP contribution in [0, 0.1) is 18.6 Å². The van der Waals surface area contributed by atoms with E-state index in [9.17, 15) is 23.2 Å². The molecular weight excluding hydrogens is 406 g/mol. The summed E-state index contributed by atoms with van der Waals surface area (Å²) in [6.07, 6.45) is -0.409. The molecule has 31 heavy (non-hydrogen) atoms. The molecule has 1 heterocycles. The highest BCUT2D eigenvalue weighted by atomic mass is 19.1. The van der Waals surface area contributed by atoms with Crippen LogP contribution in [-0.4, -0.2) is 42.9 Å². The maximum atomic E-state index is 13.9. The highest BCUT2D eigenvalue weighted by molar-refractivity contribution is 6.10. The first-order valence-electron chi connectivity index (χ1n) is 9.89. The summed E-state index contributed by atoms with van der Waals surface area (Å²) < 4.78 is 32.0. The standard InChI is InChI=1S/C23H24F2N2O4/c1-15-5-3-4-6-18(15)23(13-21(29)27(22(23)30)9-10-31-2)12-20(28)26-14-16-7-8-17(24)11-19(16)25/h3-8,11H,9-10,12-14H2,1-2H3,(H,26,28). The van der Waals surface area contributed by atoms with Gasteiger partial charge in [0.05, 0.1) is 18.6 Å². The molecule has 0 saturated carbocycles. The molecule has 0 spiro atoms. The number of imide groups is 1. The predicted molar refractivity (Wildman–Crippen MR) is 109 cm³/mol. The molecule has 1 aliphatic rings. The summed E-state index contributed by atoms with van der Waals surface area (Å²) in [5, 5.41) is 2.59. The highest BCUT2D eigenvalue weighted by Gasteiger charge is 2.54. The molecule has 1 aliphatic heterocycles. The second-order valence-corrected chi connectivity index (χ2v) is 7.61. The number of carbonyl (C=O) groups excluding carboxylic acids is 3. The van der Waals surface area contributed by atoms with Crippen LogP contribution in [0.15, 0.2) is 42.5 Å². The Morgan fingerprint density at radius 1 is 1.19 bits per heavy atom. The zero-order chi connectivity index (χ0) is 22.6. The van der Waals surface area contributed by atoms with Crippen molar-refractivity contribution in [3.63, 3.8) is 0 Å². The minimum absolute atomic E-state index is 0.101. The van der Waals surface area contributed by atoms with Crippen LogP contribution in [-0.2, 0) is 31.1 Å². The normalized spacial score (nSPS) is 18.5. The third-order valence-electron chi connectivity index (χ3n) is 5.54. The molecule has 164 valence electrons. The number of benzene rings is 2. The van der Waals surface area contributed by atoms with Gasteiger partial charge in [-0.3, -0.25) is 19.3 Å². The van der Waals surface area contributed by atoms with Crippen molar-refractivity contribution in [3.8, 4) is 0 Å². The van der Waals surface area contributed by atoms with Crippen LogP contribution in [0.4, 0.5) is 8.78 Å². The van der Waals surface area contributed by atoms with Gasteiger partial charge in [-0.1, -0.05) is 30.3 Å². The lowest BCUT2D eigenvalue weighted by molar-refractivity contribution is -0.141. The highest BCUT2D eigenvalue weighted by Crippen LogP contribution is 2.41. The van der Waals surface area contributed by atoms with Gasteiger partial charge in [0, 0.05) is 38.1 Å². The molecule has 0 aliphatic carbocycles. The fourth-order valence-corrected chi connectivity index (χ4v) is 3.96. The van der Waals surface area contributed by atoms with Gasteiger partial charge in [0.15, 0.2) is 0 Å². The lowest BCUT2D eigenvalue weighted by Gasteiger charge is -2.28.